The van der Waals surface area contributed by atoms with Crippen molar-refractivity contribution in [3.05, 3.63) is 65.9 Å². The lowest BCUT2D eigenvalue weighted by atomic mass is 10.1. The third-order valence-corrected chi connectivity index (χ3v) is 3.85. The zero-order valence-electron chi connectivity index (χ0n) is 15.5. The van der Waals surface area contributed by atoms with Crippen LogP contribution in [0.4, 0.5) is 0 Å². The van der Waals surface area contributed by atoms with Crippen molar-refractivity contribution in [1.82, 2.24) is 15.6 Å². The summed E-state index contributed by atoms with van der Waals surface area (Å²) in [5, 5.41) is 19.4. The molecule has 0 spiro atoms. The minimum Gasteiger partial charge on any atom is -0.497 e. The Morgan fingerprint density at radius 2 is 1.97 bits per heavy atom. The van der Waals surface area contributed by atoms with Crippen molar-refractivity contribution in [3.8, 4) is 22.8 Å². The zero-order valence-corrected chi connectivity index (χ0v) is 15.5. The molecule has 148 valence electrons. The molecule has 1 amide bonds. The molecular weight excluding hydrogens is 376 g/mol. The fourth-order valence-electron chi connectivity index (χ4n) is 2.43. The number of hydrogen-bond donors (Lipinski definition) is 3. The lowest BCUT2D eigenvalue weighted by molar-refractivity contribution is -0.139. The molecule has 9 heteroatoms. The second-order valence-corrected chi connectivity index (χ2v) is 5.81. The van der Waals surface area contributed by atoms with Crippen molar-refractivity contribution in [2.24, 2.45) is 5.10 Å². The Labute approximate surface area is 166 Å². The van der Waals surface area contributed by atoms with E-state index in [9.17, 15) is 9.59 Å². The van der Waals surface area contributed by atoms with Gasteiger partial charge in [-0.2, -0.15) is 10.2 Å². The van der Waals surface area contributed by atoms with Gasteiger partial charge in [-0.1, -0.05) is 12.1 Å². The van der Waals surface area contributed by atoms with E-state index in [4.69, 9.17) is 14.6 Å². The third-order valence-electron chi connectivity index (χ3n) is 3.85. The van der Waals surface area contributed by atoms with Crippen LogP contribution in [0.1, 0.15) is 16.1 Å². The number of aromatic amines is 1. The average molecular weight is 394 g/mol. The maximum atomic E-state index is 12.3. The van der Waals surface area contributed by atoms with Crippen LogP contribution in [0, 0.1) is 0 Å². The van der Waals surface area contributed by atoms with Gasteiger partial charge >= 0.3 is 5.97 Å². The van der Waals surface area contributed by atoms with Crippen molar-refractivity contribution in [2.75, 3.05) is 13.7 Å². The Morgan fingerprint density at radius 1 is 1.21 bits per heavy atom. The van der Waals surface area contributed by atoms with Crippen molar-refractivity contribution in [3.63, 3.8) is 0 Å². The molecule has 2 aromatic carbocycles. The highest BCUT2D eigenvalue weighted by Crippen LogP contribution is 2.21. The van der Waals surface area contributed by atoms with Gasteiger partial charge in [-0.3, -0.25) is 9.89 Å². The minimum absolute atomic E-state index is 0.239. The summed E-state index contributed by atoms with van der Waals surface area (Å²) in [4.78, 5) is 22.9. The first-order valence-electron chi connectivity index (χ1n) is 8.53. The predicted octanol–water partition coefficient (Wildman–Crippen LogP) is 2.31. The Morgan fingerprint density at radius 3 is 2.69 bits per heavy atom. The number of aromatic nitrogens is 2. The maximum Gasteiger partial charge on any atom is 0.341 e. The van der Waals surface area contributed by atoms with Crippen molar-refractivity contribution < 1.29 is 24.2 Å². The molecule has 0 atom stereocenters. The minimum atomic E-state index is -1.09. The summed E-state index contributed by atoms with van der Waals surface area (Å²) in [5.74, 6) is -0.491. The molecule has 0 aliphatic heterocycles. The second kappa shape index (κ2) is 9.18. The van der Waals surface area contributed by atoms with E-state index in [0.29, 0.717) is 17.0 Å². The smallest absolute Gasteiger partial charge is 0.341 e. The molecule has 0 saturated carbocycles. The van der Waals surface area contributed by atoms with Crippen LogP contribution in [0.15, 0.2) is 59.7 Å². The Hall–Kier alpha value is -4.14. The lowest BCUT2D eigenvalue weighted by Crippen LogP contribution is -2.18. The number of carbonyl (C=O) groups excluding carboxylic acids is 1. The molecule has 9 nitrogen and oxygen atoms in total. The number of rotatable bonds is 8. The van der Waals surface area contributed by atoms with Crippen molar-refractivity contribution in [2.45, 2.75) is 0 Å². The van der Waals surface area contributed by atoms with Gasteiger partial charge in [-0.15, -0.1) is 0 Å². The number of hydrogen-bond acceptors (Lipinski definition) is 6. The molecular formula is C20H18N4O5. The highest BCUT2D eigenvalue weighted by molar-refractivity contribution is 5.94. The number of hydrazone groups is 1. The number of methoxy groups -OCH3 is 1. The van der Waals surface area contributed by atoms with E-state index in [-0.39, 0.29) is 5.69 Å². The summed E-state index contributed by atoms with van der Waals surface area (Å²) in [7, 11) is 1.59. The van der Waals surface area contributed by atoms with E-state index in [1.165, 1.54) is 6.21 Å². The topological polar surface area (TPSA) is 126 Å². The Bertz CT molecular complexity index is 1030. The largest absolute Gasteiger partial charge is 0.497 e. The van der Waals surface area contributed by atoms with Crippen LogP contribution < -0.4 is 14.9 Å². The second-order valence-electron chi connectivity index (χ2n) is 5.81. The number of benzene rings is 2. The van der Waals surface area contributed by atoms with E-state index in [1.807, 2.05) is 12.1 Å². The quantitative estimate of drug-likeness (QED) is 0.398. The number of carbonyl (C=O) groups is 2. The standard InChI is InChI=1S/C20H18N4O5/c1-28-15-8-6-13(7-9-15)16-10-17(23-22-16)20(27)24-21-11-14-4-2-3-5-18(14)29-12-19(25)26/h2-11H,12H2,1H3,(H,22,23)(H,24,27)(H,25,26)/b21-11+. The summed E-state index contributed by atoms with van der Waals surface area (Å²) in [6.07, 6.45) is 1.37. The van der Waals surface area contributed by atoms with Gasteiger partial charge in [0.05, 0.1) is 19.0 Å². The molecule has 1 aromatic heterocycles. The molecule has 3 aromatic rings. The van der Waals surface area contributed by atoms with Crippen LogP contribution in [0.25, 0.3) is 11.3 Å². The molecule has 0 bridgehead atoms. The lowest BCUT2D eigenvalue weighted by Gasteiger charge is -2.06. The fourth-order valence-corrected chi connectivity index (χ4v) is 2.43. The van der Waals surface area contributed by atoms with Crippen LogP contribution in [-0.2, 0) is 4.79 Å². The number of amides is 1. The van der Waals surface area contributed by atoms with Crippen LogP contribution >= 0.6 is 0 Å². The van der Waals surface area contributed by atoms with Crippen molar-refractivity contribution in [1.29, 1.82) is 0 Å². The van der Waals surface area contributed by atoms with Gasteiger partial charge in [0.1, 0.15) is 17.2 Å². The van der Waals surface area contributed by atoms with Gasteiger partial charge in [0.15, 0.2) is 6.61 Å². The van der Waals surface area contributed by atoms with E-state index >= 15 is 0 Å². The monoisotopic (exact) mass is 394 g/mol. The van der Waals surface area contributed by atoms with Crippen molar-refractivity contribution >= 4 is 18.1 Å². The summed E-state index contributed by atoms with van der Waals surface area (Å²) in [6, 6.07) is 15.6. The number of ether oxygens (including phenoxy) is 2. The SMILES string of the molecule is COc1ccc(-c2cc(C(=O)N/N=C/c3ccccc3OCC(=O)O)[nH]n2)cc1. The van der Waals surface area contributed by atoms with Gasteiger partial charge in [0.2, 0.25) is 0 Å². The van der Waals surface area contributed by atoms with E-state index in [0.717, 1.165) is 11.3 Å². The maximum absolute atomic E-state index is 12.3. The van der Waals surface area contributed by atoms with Crippen LogP contribution in [0.5, 0.6) is 11.5 Å². The summed E-state index contributed by atoms with van der Waals surface area (Å²) < 4.78 is 10.3. The highest BCUT2D eigenvalue weighted by atomic mass is 16.5. The van der Waals surface area contributed by atoms with E-state index in [2.05, 4.69) is 20.7 Å². The number of aliphatic carboxylic acids is 1. The number of nitrogens with zero attached hydrogens (tertiary/aromatic N) is 2. The Balaban J connectivity index is 1.64. The number of H-pyrrole nitrogens is 1. The first kappa shape index (κ1) is 19.6. The molecule has 0 unspecified atom stereocenters. The molecule has 1 heterocycles. The Kier molecular flexibility index (Phi) is 6.21. The van der Waals surface area contributed by atoms with E-state index < -0.39 is 18.5 Å². The first-order valence-corrected chi connectivity index (χ1v) is 8.53. The van der Waals surface area contributed by atoms with Gasteiger partial charge < -0.3 is 14.6 Å². The predicted molar refractivity (Wildman–Crippen MR) is 105 cm³/mol. The van der Waals surface area contributed by atoms with Crippen LogP contribution in [0.3, 0.4) is 0 Å². The summed E-state index contributed by atoms with van der Waals surface area (Å²) >= 11 is 0. The number of para-hydroxylation sites is 1. The third kappa shape index (κ3) is 5.19. The highest BCUT2D eigenvalue weighted by Gasteiger charge is 2.11. The number of carboxylic acids is 1. The van der Waals surface area contributed by atoms with Gasteiger partial charge in [0.25, 0.3) is 5.91 Å². The molecule has 29 heavy (non-hydrogen) atoms. The summed E-state index contributed by atoms with van der Waals surface area (Å²) in [6.45, 7) is -0.473. The summed E-state index contributed by atoms with van der Waals surface area (Å²) in [5.41, 5.74) is 4.59. The van der Waals surface area contributed by atoms with Gasteiger partial charge in [-0.25, -0.2) is 10.2 Å². The molecule has 0 fully saturated rings. The number of nitrogens with one attached hydrogen (secondary N) is 2. The van der Waals surface area contributed by atoms with Gasteiger partial charge in [0, 0.05) is 11.1 Å². The molecule has 3 N–H and O–H groups in total. The number of carboxylic acid groups (broad SMARTS) is 1. The zero-order chi connectivity index (χ0) is 20.6. The van der Waals surface area contributed by atoms with Crippen LogP contribution in [-0.4, -0.2) is 47.1 Å². The fraction of sp³-hybridized carbons (Fsp3) is 0.100. The van der Waals surface area contributed by atoms with Crippen LogP contribution in [0.2, 0.25) is 0 Å². The van der Waals surface area contributed by atoms with E-state index in [1.54, 1.807) is 49.6 Å². The molecule has 3 rings (SSSR count). The first-order chi connectivity index (χ1) is 14.1. The molecule has 0 aliphatic rings. The normalized spacial score (nSPS) is 10.7. The molecule has 0 radical (unpaired) electrons. The van der Waals surface area contributed by atoms with Gasteiger partial charge in [-0.05, 0) is 42.5 Å². The molecule has 0 aliphatic carbocycles. The average Bonchev–Trinajstić information content (AvgIpc) is 3.23. The molecule has 0 saturated heterocycles.